The molecule has 20 heavy (non-hydrogen) atoms. The Balaban J connectivity index is 2.10. The largest absolute Gasteiger partial charge is 0.312 e. The molecule has 0 amide bonds. The van der Waals surface area contributed by atoms with Crippen molar-refractivity contribution in [2.45, 2.75) is 32.7 Å². The number of benzene rings is 1. The van der Waals surface area contributed by atoms with Crippen molar-refractivity contribution in [1.82, 2.24) is 15.3 Å². The van der Waals surface area contributed by atoms with Crippen molar-refractivity contribution in [3.05, 3.63) is 46.2 Å². The summed E-state index contributed by atoms with van der Waals surface area (Å²) < 4.78 is 0. The van der Waals surface area contributed by atoms with Gasteiger partial charge in [0.05, 0.1) is 5.69 Å². The lowest BCUT2D eigenvalue weighted by atomic mass is 10.0. The highest BCUT2D eigenvalue weighted by atomic mass is 35.5. The van der Waals surface area contributed by atoms with Crippen LogP contribution in [0.25, 0.3) is 11.4 Å². The van der Waals surface area contributed by atoms with E-state index in [-0.39, 0.29) is 0 Å². The minimum Gasteiger partial charge on any atom is -0.312 e. The van der Waals surface area contributed by atoms with Crippen LogP contribution in [0.15, 0.2) is 24.3 Å². The van der Waals surface area contributed by atoms with E-state index in [4.69, 9.17) is 21.6 Å². The predicted molar refractivity (Wildman–Crippen MR) is 81.9 cm³/mol. The molecular formula is C16H18ClN3. The van der Waals surface area contributed by atoms with E-state index >= 15 is 0 Å². The van der Waals surface area contributed by atoms with Crippen LogP contribution in [0.4, 0.5) is 0 Å². The number of aryl methyl sites for hydroxylation is 1. The normalized spacial score (nSPS) is 14.1. The third-order valence-corrected chi connectivity index (χ3v) is 3.82. The van der Waals surface area contributed by atoms with Gasteiger partial charge in [-0.2, -0.15) is 0 Å². The smallest absolute Gasteiger partial charge is 0.159 e. The van der Waals surface area contributed by atoms with Crippen LogP contribution < -0.4 is 5.32 Å². The van der Waals surface area contributed by atoms with Crippen molar-refractivity contribution >= 4 is 11.6 Å². The average Bonchev–Trinajstić information content (AvgIpc) is 2.47. The van der Waals surface area contributed by atoms with E-state index in [1.165, 1.54) is 17.0 Å². The molecule has 0 atom stereocenters. The average molecular weight is 288 g/mol. The first kappa shape index (κ1) is 13.5. The zero-order chi connectivity index (χ0) is 13.9. The van der Waals surface area contributed by atoms with E-state index in [0.717, 1.165) is 48.8 Å². The number of nitrogens with one attached hydrogen (secondary N) is 1. The second kappa shape index (κ2) is 5.90. The number of nitrogens with zero attached hydrogens (tertiary/aromatic N) is 2. The van der Waals surface area contributed by atoms with Crippen LogP contribution in [0.2, 0.25) is 5.02 Å². The lowest BCUT2D eigenvalue weighted by Gasteiger charge is -2.20. The second-order valence-corrected chi connectivity index (χ2v) is 5.54. The molecule has 0 radical (unpaired) electrons. The third kappa shape index (κ3) is 2.69. The van der Waals surface area contributed by atoms with E-state index in [1.807, 2.05) is 24.3 Å². The highest BCUT2D eigenvalue weighted by Gasteiger charge is 2.17. The van der Waals surface area contributed by atoms with Gasteiger partial charge in [0.15, 0.2) is 5.82 Å². The van der Waals surface area contributed by atoms with E-state index < -0.39 is 0 Å². The Bertz CT molecular complexity index is 625. The lowest BCUT2D eigenvalue weighted by Crippen LogP contribution is -2.26. The summed E-state index contributed by atoms with van der Waals surface area (Å²) in [4.78, 5) is 9.54. The topological polar surface area (TPSA) is 37.8 Å². The Morgan fingerprint density at radius 3 is 3.00 bits per heavy atom. The molecule has 3 rings (SSSR count). The molecule has 0 fully saturated rings. The van der Waals surface area contributed by atoms with Gasteiger partial charge in [-0.15, -0.1) is 0 Å². The zero-order valence-electron chi connectivity index (χ0n) is 11.6. The molecule has 1 aliphatic rings. The summed E-state index contributed by atoms with van der Waals surface area (Å²) in [6.07, 6.45) is 3.07. The number of hydrogen-bond acceptors (Lipinski definition) is 3. The first-order valence-electron chi connectivity index (χ1n) is 7.13. The minimum atomic E-state index is 0.725. The molecular weight excluding hydrogens is 270 g/mol. The fraction of sp³-hybridized carbons (Fsp3) is 0.375. The summed E-state index contributed by atoms with van der Waals surface area (Å²) in [6, 6.07) is 7.77. The van der Waals surface area contributed by atoms with Gasteiger partial charge in [0.2, 0.25) is 0 Å². The summed E-state index contributed by atoms with van der Waals surface area (Å²) in [6.45, 7) is 4.06. The standard InChI is InChI=1S/C16H18ClN3/c1-2-4-14-13-10-18-8-7-15(13)20-16(19-14)11-5-3-6-12(17)9-11/h3,5-6,9,18H,2,4,7-8,10H2,1H3. The molecule has 0 saturated carbocycles. The Morgan fingerprint density at radius 1 is 1.30 bits per heavy atom. The number of aromatic nitrogens is 2. The van der Waals surface area contributed by atoms with Gasteiger partial charge in [-0.05, 0) is 18.6 Å². The molecule has 2 aromatic rings. The van der Waals surface area contributed by atoms with Gasteiger partial charge >= 0.3 is 0 Å². The molecule has 1 aromatic heterocycles. The Labute approximate surface area is 124 Å². The van der Waals surface area contributed by atoms with Gasteiger partial charge in [-0.3, -0.25) is 0 Å². The molecule has 1 aromatic carbocycles. The summed E-state index contributed by atoms with van der Waals surface area (Å²) in [5, 5.41) is 4.13. The van der Waals surface area contributed by atoms with E-state index in [9.17, 15) is 0 Å². The van der Waals surface area contributed by atoms with Crippen LogP contribution in [0, 0.1) is 0 Å². The Kier molecular flexibility index (Phi) is 3.99. The molecule has 0 spiro atoms. The third-order valence-electron chi connectivity index (χ3n) is 3.59. The molecule has 0 unspecified atom stereocenters. The monoisotopic (exact) mass is 287 g/mol. The molecule has 104 valence electrons. The molecule has 4 heteroatoms. The van der Waals surface area contributed by atoms with E-state index in [1.54, 1.807) is 0 Å². The minimum absolute atomic E-state index is 0.725. The quantitative estimate of drug-likeness (QED) is 0.940. The molecule has 1 aliphatic heterocycles. The zero-order valence-corrected chi connectivity index (χ0v) is 12.4. The first-order valence-corrected chi connectivity index (χ1v) is 7.51. The van der Waals surface area contributed by atoms with Gasteiger partial charge in [-0.1, -0.05) is 37.1 Å². The van der Waals surface area contributed by atoms with E-state index in [0.29, 0.717) is 0 Å². The molecule has 0 saturated heterocycles. The first-order chi connectivity index (χ1) is 9.78. The summed E-state index contributed by atoms with van der Waals surface area (Å²) >= 11 is 6.07. The van der Waals surface area contributed by atoms with Crippen LogP contribution in [0.5, 0.6) is 0 Å². The van der Waals surface area contributed by atoms with Gasteiger partial charge in [-0.25, -0.2) is 9.97 Å². The van der Waals surface area contributed by atoms with Crippen LogP contribution in [0.1, 0.15) is 30.3 Å². The number of rotatable bonds is 3. The van der Waals surface area contributed by atoms with Crippen LogP contribution in [-0.4, -0.2) is 16.5 Å². The van der Waals surface area contributed by atoms with Gasteiger partial charge in [0.1, 0.15) is 0 Å². The van der Waals surface area contributed by atoms with Gasteiger partial charge in [0, 0.05) is 41.4 Å². The maximum absolute atomic E-state index is 6.07. The van der Waals surface area contributed by atoms with E-state index in [2.05, 4.69) is 12.2 Å². The van der Waals surface area contributed by atoms with Crippen LogP contribution >= 0.6 is 11.6 Å². The highest BCUT2D eigenvalue weighted by molar-refractivity contribution is 6.30. The van der Waals surface area contributed by atoms with Crippen LogP contribution in [0.3, 0.4) is 0 Å². The summed E-state index contributed by atoms with van der Waals surface area (Å²) in [5.74, 6) is 0.802. The van der Waals surface area contributed by atoms with Crippen molar-refractivity contribution in [3.63, 3.8) is 0 Å². The number of fused-ring (bicyclic) bond motifs is 1. The van der Waals surface area contributed by atoms with Crippen molar-refractivity contribution in [2.75, 3.05) is 6.54 Å². The predicted octanol–water partition coefficient (Wildman–Crippen LogP) is 3.40. The summed E-state index contributed by atoms with van der Waals surface area (Å²) in [7, 11) is 0. The van der Waals surface area contributed by atoms with Crippen molar-refractivity contribution in [3.8, 4) is 11.4 Å². The molecule has 1 N–H and O–H groups in total. The molecule has 2 heterocycles. The SMILES string of the molecule is CCCc1nc(-c2cccc(Cl)c2)nc2c1CNCC2. The molecule has 3 nitrogen and oxygen atoms in total. The molecule has 0 bridgehead atoms. The van der Waals surface area contributed by atoms with Gasteiger partial charge < -0.3 is 5.32 Å². The van der Waals surface area contributed by atoms with Crippen molar-refractivity contribution in [1.29, 1.82) is 0 Å². The van der Waals surface area contributed by atoms with Crippen LogP contribution in [-0.2, 0) is 19.4 Å². The maximum atomic E-state index is 6.07. The fourth-order valence-corrected chi connectivity index (χ4v) is 2.80. The Hall–Kier alpha value is -1.45. The maximum Gasteiger partial charge on any atom is 0.159 e. The second-order valence-electron chi connectivity index (χ2n) is 5.11. The van der Waals surface area contributed by atoms with Crippen molar-refractivity contribution in [2.24, 2.45) is 0 Å². The highest BCUT2D eigenvalue weighted by Crippen LogP contribution is 2.24. The van der Waals surface area contributed by atoms with Gasteiger partial charge in [0.25, 0.3) is 0 Å². The summed E-state index contributed by atoms with van der Waals surface area (Å²) in [5.41, 5.74) is 4.66. The lowest BCUT2D eigenvalue weighted by molar-refractivity contribution is 0.615. The fourth-order valence-electron chi connectivity index (χ4n) is 2.61. The molecule has 0 aliphatic carbocycles. The number of halogens is 1. The number of hydrogen-bond donors (Lipinski definition) is 1. The Morgan fingerprint density at radius 2 is 2.20 bits per heavy atom. The van der Waals surface area contributed by atoms with Crippen molar-refractivity contribution < 1.29 is 0 Å².